The molecule has 1 heterocycles. The minimum absolute atomic E-state index is 0.0651. The Morgan fingerprint density at radius 1 is 1.06 bits per heavy atom. The van der Waals surface area contributed by atoms with E-state index in [1.54, 1.807) is 12.1 Å². The fourth-order valence-corrected chi connectivity index (χ4v) is 5.25. The second-order valence-electron chi connectivity index (χ2n) is 13.7. The number of ether oxygens (including phenoxy) is 1. The molecule has 0 radical (unpaired) electrons. The van der Waals surface area contributed by atoms with Crippen molar-refractivity contribution in [3.8, 4) is 5.75 Å². The molecule has 1 fully saturated rings. The molecule has 1 amide bonds. The van der Waals surface area contributed by atoms with Crippen molar-refractivity contribution in [1.82, 2.24) is 5.32 Å². The number of carbonyl (C=O) groups is 1. The van der Waals surface area contributed by atoms with Gasteiger partial charge < -0.3 is 19.4 Å². The van der Waals surface area contributed by atoms with Gasteiger partial charge in [0, 0.05) is 13.6 Å². The van der Waals surface area contributed by atoms with Crippen LogP contribution in [-0.4, -0.2) is 44.4 Å². The van der Waals surface area contributed by atoms with Gasteiger partial charge in [0.2, 0.25) is 0 Å². The van der Waals surface area contributed by atoms with E-state index in [1.807, 2.05) is 41.5 Å². The molecular weight excluding hydrogens is 465 g/mol. The summed E-state index contributed by atoms with van der Waals surface area (Å²) in [6, 6.07) is 4.57. The van der Waals surface area contributed by atoms with Gasteiger partial charge in [0.05, 0.1) is 28.4 Å². The molecule has 8 heteroatoms. The number of nitrogens with one attached hydrogen (secondary N) is 1. The molecule has 34 heavy (non-hydrogen) atoms. The van der Waals surface area contributed by atoms with Gasteiger partial charge in [-0.25, -0.2) is 0 Å². The van der Waals surface area contributed by atoms with Gasteiger partial charge in [-0.15, -0.1) is 0 Å². The topological polar surface area (TPSA) is 56.8 Å². The number of rotatable bonds is 8. The van der Waals surface area contributed by atoms with Gasteiger partial charge in [-0.2, -0.15) is 0 Å². The Hall–Kier alpha value is -1.02. The van der Waals surface area contributed by atoms with Crippen LogP contribution in [0.25, 0.3) is 0 Å². The summed E-state index contributed by atoms with van der Waals surface area (Å²) in [5.74, 6) is 0.210. The lowest BCUT2D eigenvalue weighted by molar-refractivity contribution is 0.00578. The Morgan fingerprint density at radius 2 is 1.59 bits per heavy atom. The van der Waals surface area contributed by atoms with Crippen LogP contribution in [0, 0.1) is 5.41 Å². The number of hydrogen-bond donors (Lipinski definition) is 1. The first-order chi connectivity index (χ1) is 15.1. The molecule has 0 unspecified atom stereocenters. The van der Waals surface area contributed by atoms with E-state index in [9.17, 15) is 4.79 Å². The third-order valence-corrected chi connectivity index (χ3v) is 8.34. The van der Waals surface area contributed by atoms with Crippen LogP contribution in [-0.2, 0) is 9.31 Å². The molecule has 1 aromatic carbocycles. The SMILES string of the molecule is CC(C)(C)CC(C)(C)NC(=O)c1cc(B2OC(C)(C)C(C)(C)O2)cc(Cl)c1OCC[Si](C)(C)C. The largest absolute Gasteiger partial charge is 0.494 e. The van der Waals surface area contributed by atoms with E-state index in [0.717, 1.165) is 12.5 Å². The first-order valence-electron chi connectivity index (χ1n) is 12.3. The zero-order chi connectivity index (χ0) is 26.3. The maximum absolute atomic E-state index is 13.6. The zero-order valence-corrected chi connectivity index (χ0v) is 25.1. The molecule has 0 atom stereocenters. The molecule has 1 aliphatic rings. The average Bonchev–Trinajstić information content (AvgIpc) is 2.79. The predicted octanol–water partition coefficient (Wildman–Crippen LogP) is 6.30. The number of benzene rings is 1. The van der Waals surface area contributed by atoms with Gasteiger partial charge in [0.25, 0.3) is 5.91 Å². The van der Waals surface area contributed by atoms with Crippen LogP contribution < -0.4 is 15.5 Å². The molecule has 1 N–H and O–H groups in total. The second kappa shape index (κ2) is 9.80. The van der Waals surface area contributed by atoms with Gasteiger partial charge in [-0.3, -0.25) is 4.79 Å². The second-order valence-corrected chi connectivity index (χ2v) is 19.7. The summed E-state index contributed by atoms with van der Waals surface area (Å²) in [7, 11) is -1.93. The Balaban J connectivity index is 2.44. The molecule has 1 aliphatic heterocycles. The summed E-state index contributed by atoms with van der Waals surface area (Å²) in [5, 5.41) is 3.59. The molecule has 0 aliphatic carbocycles. The van der Waals surface area contributed by atoms with Crippen LogP contribution in [0.4, 0.5) is 0 Å². The molecule has 0 spiro atoms. The summed E-state index contributed by atoms with van der Waals surface area (Å²) in [6.45, 7) is 26.0. The summed E-state index contributed by atoms with van der Waals surface area (Å²) >= 11 is 6.72. The van der Waals surface area contributed by atoms with Gasteiger partial charge in [0.15, 0.2) is 5.75 Å². The van der Waals surface area contributed by atoms with Crippen LogP contribution in [0.15, 0.2) is 12.1 Å². The van der Waals surface area contributed by atoms with Crippen molar-refractivity contribution in [1.29, 1.82) is 0 Å². The van der Waals surface area contributed by atoms with E-state index in [0.29, 0.717) is 28.4 Å². The Labute approximate surface area is 213 Å². The number of halogens is 1. The smallest absolute Gasteiger partial charge is 0.491 e. The molecule has 0 bridgehead atoms. The van der Waals surface area contributed by atoms with Crippen LogP contribution >= 0.6 is 11.6 Å². The minimum atomic E-state index is -1.31. The highest BCUT2D eigenvalue weighted by Crippen LogP contribution is 2.38. The van der Waals surface area contributed by atoms with E-state index < -0.39 is 31.9 Å². The predicted molar refractivity (Wildman–Crippen MR) is 146 cm³/mol. The van der Waals surface area contributed by atoms with Crippen molar-refractivity contribution in [2.75, 3.05) is 6.61 Å². The molecule has 2 rings (SSSR count). The summed E-state index contributed by atoms with van der Waals surface area (Å²) in [6.07, 6.45) is 0.822. The number of carbonyl (C=O) groups excluding carboxylic acids is 1. The van der Waals surface area contributed by atoms with E-state index >= 15 is 0 Å². The third kappa shape index (κ3) is 7.74. The molecule has 1 saturated heterocycles. The highest BCUT2D eigenvalue weighted by Gasteiger charge is 2.52. The molecule has 0 saturated carbocycles. The fraction of sp³-hybridized carbons (Fsp3) is 0.731. The highest BCUT2D eigenvalue weighted by atomic mass is 35.5. The van der Waals surface area contributed by atoms with E-state index in [4.69, 9.17) is 25.6 Å². The quantitative estimate of drug-likeness (QED) is 0.418. The normalized spacial score (nSPS) is 18.2. The van der Waals surface area contributed by atoms with Gasteiger partial charge in [-0.05, 0) is 77.0 Å². The van der Waals surface area contributed by atoms with E-state index in [1.165, 1.54) is 0 Å². The Bertz CT molecular complexity index is 887. The zero-order valence-electron chi connectivity index (χ0n) is 23.4. The lowest BCUT2D eigenvalue weighted by atomic mass is 9.78. The van der Waals surface area contributed by atoms with Crippen molar-refractivity contribution in [2.45, 2.75) is 111 Å². The number of amides is 1. The van der Waals surface area contributed by atoms with Crippen molar-refractivity contribution in [3.05, 3.63) is 22.7 Å². The first-order valence-corrected chi connectivity index (χ1v) is 16.4. The lowest BCUT2D eigenvalue weighted by Crippen LogP contribution is -2.46. The van der Waals surface area contributed by atoms with Crippen molar-refractivity contribution in [3.63, 3.8) is 0 Å². The summed E-state index contributed by atoms with van der Waals surface area (Å²) in [4.78, 5) is 13.6. The minimum Gasteiger partial charge on any atom is -0.491 e. The summed E-state index contributed by atoms with van der Waals surface area (Å²) in [5.41, 5.74) is -0.204. The third-order valence-electron chi connectivity index (χ3n) is 6.36. The van der Waals surface area contributed by atoms with Gasteiger partial charge >= 0.3 is 7.12 Å². The standard InChI is InChI=1S/C26H45BClNO4Si/c1-23(2,3)17-24(4,5)29-22(30)19-15-18(27-32-25(6,7)26(8,9)33-27)16-20(28)21(19)31-13-14-34(10,11)12/h15-16H,13-14,17H2,1-12H3,(H,29,30). The molecule has 0 aromatic heterocycles. The van der Waals surface area contributed by atoms with Gasteiger partial charge in [0.1, 0.15) is 0 Å². The van der Waals surface area contributed by atoms with E-state index in [2.05, 4.69) is 45.7 Å². The Kier molecular flexibility index (Phi) is 8.42. The molecular formula is C26H45BClNO4Si. The number of hydrogen-bond acceptors (Lipinski definition) is 4. The molecule has 5 nitrogen and oxygen atoms in total. The average molecular weight is 510 g/mol. The van der Waals surface area contributed by atoms with Crippen molar-refractivity contribution >= 4 is 38.2 Å². The first kappa shape index (κ1) is 29.2. The monoisotopic (exact) mass is 509 g/mol. The van der Waals surface area contributed by atoms with Crippen LogP contribution in [0.2, 0.25) is 30.7 Å². The van der Waals surface area contributed by atoms with Crippen LogP contribution in [0.1, 0.15) is 79.1 Å². The van der Waals surface area contributed by atoms with Crippen molar-refractivity contribution in [2.24, 2.45) is 5.41 Å². The van der Waals surface area contributed by atoms with Gasteiger partial charge in [-0.1, -0.05) is 52.0 Å². The van der Waals surface area contributed by atoms with Crippen LogP contribution in [0.5, 0.6) is 5.75 Å². The van der Waals surface area contributed by atoms with E-state index in [-0.39, 0.29) is 11.3 Å². The maximum Gasteiger partial charge on any atom is 0.494 e. The van der Waals surface area contributed by atoms with Crippen LogP contribution in [0.3, 0.4) is 0 Å². The molecule has 192 valence electrons. The maximum atomic E-state index is 13.6. The van der Waals surface area contributed by atoms with Crippen molar-refractivity contribution < 1.29 is 18.8 Å². The summed E-state index contributed by atoms with van der Waals surface area (Å²) < 4.78 is 18.6. The lowest BCUT2D eigenvalue weighted by Gasteiger charge is -2.33. The highest BCUT2D eigenvalue weighted by molar-refractivity contribution is 6.76. The Morgan fingerprint density at radius 3 is 2.06 bits per heavy atom. The molecule has 1 aromatic rings. The fourth-order valence-electron chi connectivity index (χ4n) is 4.25.